The molecule has 0 unspecified atom stereocenters. The second-order valence-electron chi connectivity index (χ2n) is 6.31. The Morgan fingerprint density at radius 2 is 1.73 bits per heavy atom. The van der Waals surface area contributed by atoms with Gasteiger partial charge < -0.3 is 15.4 Å². The van der Waals surface area contributed by atoms with E-state index in [2.05, 4.69) is 30.3 Å². The number of halogens is 7. The van der Waals surface area contributed by atoms with Crippen molar-refractivity contribution in [1.82, 2.24) is 15.0 Å². The summed E-state index contributed by atoms with van der Waals surface area (Å²) in [7, 11) is 0. The second-order valence-corrected chi connectivity index (χ2v) is 6.31. The van der Waals surface area contributed by atoms with Crippen molar-refractivity contribution in [1.29, 1.82) is 0 Å². The van der Waals surface area contributed by atoms with Crippen LogP contribution < -0.4 is 15.4 Å². The van der Waals surface area contributed by atoms with Gasteiger partial charge in [-0.3, -0.25) is 9.78 Å². The van der Waals surface area contributed by atoms with Crippen LogP contribution in [0.4, 0.5) is 48.1 Å². The zero-order chi connectivity index (χ0) is 24.2. The van der Waals surface area contributed by atoms with Crippen LogP contribution in [0.2, 0.25) is 0 Å². The average molecular weight is 475 g/mol. The van der Waals surface area contributed by atoms with E-state index < -0.39 is 47.6 Å². The third-order valence-corrected chi connectivity index (χ3v) is 3.89. The molecule has 0 atom stereocenters. The number of hydrogen-bond acceptors (Lipinski definition) is 6. The Bertz CT molecular complexity index is 1130. The first-order chi connectivity index (χ1) is 15.4. The van der Waals surface area contributed by atoms with Crippen molar-refractivity contribution in [3.05, 3.63) is 66.0 Å². The smallest absolute Gasteiger partial charge is 0.422 e. The highest BCUT2D eigenvalue weighted by molar-refractivity contribution is 6.05. The molecule has 0 aliphatic carbocycles. The second kappa shape index (κ2) is 9.26. The van der Waals surface area contributed by atoms with Crippen molar-refractivity contribution in [2.75, 3.05) is 17.2 Å². The van der Waals surface area contributed by atoms with E-state index in [4.69, 9.17) is 0 Å². The first-order valence-corrected chi connectivity index (χ1v) is 8.84. The van der Waals surface area contributed by atoms with Gasteiger partial charge in [-0.05, 0) is 18.2 Å². The van der Waals surface area contributed by atoms with Gasteiger partial charge in [-0.25, -0.2) is 14.4 Å². The van der Waals surface area contributed by atoms with E-state index in [1.54, 1.807) is 0 Å². The SMILES string of the molecule is O=C(Nc1cnccc1OCC(F)(F)F)c1ccnc(Nc2ccc(C(F)(F)F)cn2)c1F. The molecular formula is C19H12F7N5O2. The van der Waals surface area contributed by atoms with Gasteiger partial charge in [0, 0.05) is 24.7 Å². The topological polar surface area (TPSA) is 89.0 Å². The van der Waals surface area contributed by atoms with Gasteiger partial charge in [0.25, 0.3) is 5.91 Å². The minimum Gasteiger partial charge on any atom is -0.482 e. The van der Waals surface area contributed by atoms with Gasteiger partial charge >= 0.3 is 12.4 Å². The zero-order valence-electron chi connectivity index (χ0n) is 16.1. The highest BCUT2D eigenvalue weighted by Gasteiger charge is 2.31. The van der Waals surface area contributed by atoms with Crippen LogP contribution >= 0.6 is 0 Å². The predicted molar refractivity (Wildman–Crippen MR) is 100 cm³/mol. The van der Waals surface area contributed by atoms with Crippen LogP contribution in [-0.2, 0) is 6.18 Å². The maximum Gasteiger partial charge on any atom is 0.422 e. The number of ether oxygens (including phenoxy) is 1. The highest BCUT2D eigenvalue weighted by Crippen LogP contribution is 2.30. The van der Waals surface area contributed by atoms with Crippen LogP contribution in [-0.4, -0.2) is 33.6 Å². The van der Waals surface area contributed by atoms with Crippen molar-refractivity contribution in [3.8, 4) is 5.75 Å². The van der Waals surface area contributed by atoms with Crippen LogP contribution in [0, 0.1) is 5.82 Å². The molecule has 0 aliphatic rings. The summed E-state index contributed by atoms with van der Waals surface area (Å²) in [6.07, 6.45) is -5.53. The molecule has 14 heteroatoms. The molecule has 0 fully saturated rings. The number of aromatic nitrogens is 3. The molecule has 0 radical (unpaired) electrons. The van der Waals surface area contributed by atoms with Crippen LogP contribution in [0.3, 0.4) is 0 Å². The van der Waals surface area contributed by atoms with E-state index in [1.165, 1.54) is 0 Å². The predicted octanol–water partition coefficient (Wildman–Crippen LogP) is 4.97. The summed E-state index contributed by atoms with van der Waals surface area (Å²) in [6, 6.07) is 3.72. The molecule has 0 bridgehead atoms. The number of anilines is 3. The summed E-state index contributed by atoms with van der Waals surface area (Å²) in [4.78, 5) is 23.4. The van der Waals surface area contributed by atoms with Crippen molar-refractivity contribution >= 4 is 23.2 Å². The van der Waals surface area contributed by atoms with Gasteiger partial charge in [-0.1, -0.05) is 0 Å². The Kier molecular flexibility index (Phi) is 6.65. The maximum atomic E-state index is 14.8. The van der Waals surface area contributed by atoms with Crippen molar-refractivity contribution in [2.24, 2.45) is 0 Å². The largest absolute Gasteiger partial charge is 0.482 e. The van der Waals surface area contributed by atoms with Gasteiger partial charge in [0.1, 0.15) is 17.3 Å². The lowest BCUT2D eigenvalue weighted by molar-refractivity contribution is -0.153. The van der Waals surface area contributed by atoms with Gasteiger partial charge in [0.05, 0.1) is 17.3 Å². The lowest BCUT2D eigenvalue weighted by Gasteiger charge is -2.14. The van der Waals surface area contributed by atoms with Crippen LogP contribution in [0.15, 0.2) is 49.1 Å². The number of carbonyl (C=O) groups excluding carboxylic acids is 1. The number of alkyl halides is 6. The Hall–Kier alpha value is -3.97. The molecule has 0 aliphatic heterocycles. The Morgan fingerprint density at radius 1 is 0.970 bits per heavy atom. The first kappa shape index (κ1) is 23.7. The molecule has 0 spiro atoms. The number of nitrogens with zero attached hydrogens (tertiary/aromatic N) is 3. The van der Waals surface area contributed by atoms with Crippen molar-refractivity contribution in [3.63, 3.8) is 0 Å². The zero-order valence-corrected chi connectivity index (χ0v) is 16.1. The summed E-state index contributed by atoms with van der Waals surface area (Å²) in [5, 5.41) is 4.54. The summed E-state index contributed by atoms with van der Waals surface area (Å²) in [6.45, 7) is -1.63. The maximum absolute atomic E-state index is 14.8. The summed E-state index contributed by atoms with van der Waals surface area (Å²) < 4.78 is 94.5. The molecule has 0 saturated heterocycles. The van der Waals surface area contributed by atoms with E-state index in [0.717, 1.165) is 36.8 Å². The van der Waals surface area contributed by atoms with Gasteiger partial charge in [0.2, 0.25) is 0 Å². The molecule has 3 rings (SSSR count). The number of hydrogen-bond donors (Lipinski definition) is 2. The summed E-state index contributed by atoms with van der Waals surface area (Å²) in [5.74, 6) is -3.30. The number of carbonyl (C=O) groups is 1. The normalized spacial score (nSPS) is 11.7. The van der Waals surface area contributed by atoms with E-state index in [-0.39, 0.29) is 17.3 Å². The Labute approximate surface area is 180 Å². The lowest BCUT2D eigenvalue weighted by atomic mass is 10.2. The Morgan fingerprint density at radius 3 is 2.36 bits per heavy atom. The third kappa shape index (κ3) is 6.27. The average Bonchev–Trinajstić information content (AvgIpc) is 2.74. The van der Waals surface area contributed by atoms with Crippen molar-refractivity contribution in [2.45, 2.75) is 12.4 Å². The lowest BCUT2D eigenvalue weighted by Crippen LogP contribution is -2.21. The summed E-state index contributed by atoms with van der Waals surface area (Å²) in [5.41, 5.74) is -1.83. The van der Waals surface area contributed by atoms with Crippen LogP contribution in [0.25, 0.3) is 0 Å². The van der Waals surface area contributed by atoms with Gasteiger partial charge in [-0.2, -0.15) is 26.3 Å². The number of nitrogens with one attached hydrogen (secondary N) is 2. The van der Waals surface area contributed by atoms with Gasteiger partial charge in [-0.15, -0.1) is 0 Å². The van der Waals surface area contributed by atoms with Crippen molar-refractivity contribution < 1.29 is 40.3 Å². The highest BCUT2D eigenvalue weighted by atomic mass is 19.4. The summed E-state index contributed by atoms with van der Waals surface area (Å²) >= 11 is 0. The fourth-order valence-corrected chi connectivity index (χ4v) is 2.41. The molecule has 3 aromatic heterocycles. The molecular weight excluding hydrogens is 463 g/mol. The quantitative estimate of drug-likeness (QED) is 0.490. The molecule has 7 nitrogen and oxygen atoms in total. The fourth-order valence-electron chi connectivity index (χ4n) is 2.41. The van der Waals surface area contributed by atoms with Crippen LogP contribution in [0.1, 0.15) is 15.9 Å². The molecule has 0 aromatic carbocycles. The number of pyridine rings is 3. The third-order valence-electron chi connectivity index (χ3n) is 3.89. The molecule has 0 saturated carbocycles. The number of amides is 1. The monoisotopic (exact) mass is 475 g/mol. The van der Waals surface area contributed by atoms with E-state index >= 15 is 0 Å². The van der Waals surface area contributed by atoms with Gasteiger partial charge in [0.15, 0.2) is 18.2 Å². The first-order valence-electron chi connectivity index (χ1n) is 8.84. The standard InChI is InChI=1S/C19H12F7N5O2/c20-15-11(17(32)30-12-8-27-5-4-13(12)33-9-18(21,22)23)3-6-28-16(15)31-14-2-1-10(7-29-14)19(24,25)26/h1-8H,9H2,(H,30,32)(H,28,29,31). The number of rotatable bonds is 6. The molecule has 174 valence electrons. The van der Waals surface area contributed by atoms with E-state index in [9.17, 15) is 35.5 Å². The molecule has 2 N–H and O–H groups in total. The minimum atomic E-state index is -4.63. The fraction of sp³-hybridized carbons (Fsp3) is 0.158. The van der Waals surface area contributed by atoms with Crippen LogP contribution in [0.5, 0.6) is 5.75 Å². The molecule has 3 heterocycles. The minimum absolute atomic E-state index is 0.179. The molecule has 33 heavy (non-hydrogen) atoms. The Balaban J connectivity index is 1.78. The van der Waals surface area contributed by atoms with E-state index in [1.807, 2.05) is 0 Å². The molecule has 3 aromatic rings. The molecule has 1 amide bonds. The van der Waals surface area contributed by atoms with E-state index in [0.29, 0.717) is 12.3 Å².